The Labute approximate surface area is 204 Å². The first-order valence-electron chi connectivity index (χ1n) is 11.3. The summed E-state index contributed by atoms with van der Waals surface area (Å²) in [4.78, 5) is 12.6. The molecule has 0 fully saturated rings. The number of aryl methyl sites for hydroxylation is 2. The Balaban J connectivity index is 1.52. The Morgan fingerprint density at radius 3 is 2.29 bits per heavy atom. The lowest BCUT2D eigenvalue weighted by Gasteiger charge is -2.11. The molecule has 0 saturated carbocycles. The molecule has 0 aliphatic heterocycles. The van der Waals surface area contributed by atoms with Crippen molar-refractivity contribution in [2.75, 3.05) is 17.6 Å². The number of sulfone groups is 1. The van der Waals surface area contributed by atoms with Gasteiger partial charge < -0.3 is 15.2 Å². The first kappa shape index (κ1) is 24.5. The van der Waals surface area contributed by atoms with Crippen LogP contribution in [-0.2, 0) is 16.4 Å². The van der Waals surface area contributed by atoms with E-state index in [0.717, 1.165) is 22.2 Å². The topological polar surface area (TPSA) is 80.2 Å². The minimum Gasteiger partial charge on any atom is -0.339 e. The van der Waals surface area contributed by atoms with Crippen molar-refractivity contribution in [2.24, 2.45) is 0 Å². The largest absolute Gasteiger partial charge is 0.339 e. The summed E-state index contributed by atoms with van der Waals surface area (Å²) < 4.78 is 42.0. The van der Waals surface area contributed by atoms with E-state index >= 15 is 0 Å². The van der Waals surface area contributed by atoms with Gasteiger partial charge in [0.25, 0.3) is 0 Å². The molecule has 1 heterocycles. The molecule has 0 atom stereocenters. The molecule has 4 aromatic rings. The van der Waals surface area contributed by atoms with Crippen LogP contribution < -0.4 is 10.6 Å². The van der Waals surface area contributed by atoms with Crippen LogP contribution in [-0.4, -0.2) is 31.3 Å². The van der Waals surface area contributed by atoms with Crippen molar-refractivity contribution in [3.05, 3.63) is 94.9 Å². The number of amides is 2. The summed E-state index contributed by atoms with van der Waals surface area (Å²) in [7, 11) is -3.70. The molecule has 182 valence electrons. The van der Waals surface area contributed by atoms with Crippen molar-refractivity contribution in [3.63, 3.8) is 0 Å². The maximum atomic E-state index is 13.4. The second kappa shape index (κ2) is 9.92. The first-order valence-corrected chi connectivity index (χ1v) is 13.0. The number of fused-ring (bicyclic) bond motifs is 1. The van der Waals surface area contributed by atoms with Gasteiger partial charge in [0.1, 0.15) is 5.82 Å². The Hall–Kier alpha value is -3.65. The van der Waals surface area contributed by atoms with Gasteiger partial charge in [-0.2, -0.15) is 0 Å². The summed E-state index contributed by atoms with van der Waals surface area (Å²) in [5, 5.41) is 6.03. The van der Waals surface area contributed by atoms with E-state index < -0.39 is 15.9 Å². The molecule has 0 aliphatic carbocycles. The number of carbonyl (C=O) groups is 1. The van der Waals surface area contributed by atoms with Crippen LogP contribution in [0.25, 0.3) is 10.9 Å². The summed E-state index contributed by atoms with van der Waals surface area (Å²) >= 11 is 0. The molecule has 3 aromatic carbocycles. The highest BCUT2D eigenvalue weighted by Gasteiger charge is 2.25. The number of hydrogen-bond donors (Lipinski definition) is 2. The molecule has 0 spiro atoms. The van der Waals surface area contributed by atoms with Crippen LogP contribution in [0.3, 0.4) is 0 Å². The third kappa shape index (κ3) is 5.54. The molecule has 6 nitrogen and oxygen atoms in total. The average Bonchev–Trinajstić information content (AvgIpc) is 3.06. The van der Waals surface area contributed by atoms with E-state index in [-0.39, 0.29) is 23.0 Å². The first-order chi connectivity index (χ1) is 16.6. The number of nitrogens with one attached hydrogen (secondary N) is 2. The summed E-state index contributed by atoms with van der Waals surface area (Å²) in [6, 6.07) is 18.7. The number of anilines is 1. The highest BCUT2D eigenvalue weighted by atomic mass is 32.2. The van der Waals surface area contributed by atoms with Crippen molar-refractivity contribution in [3.8, 4) is 0 Å². The second-order valence-corrected chi connectivity index (χ2v) is 10.8. The SMILES string of the molecule is Cc1cc(C)cc(NC(=O)NCCS(=O)(=O)c2c(C)n(Cc3ccc(F)cc3)c3ccccc23)c1. The molecule has 4 rings (SSSR count). The number of para-hydroxylation sites is 1. The predicted molar refractivity (Wildman–Crippen MR) is 137 cm³/mol. The van der Waals surface area contributed by atoms with Gasteiger partial charge in [-0.3, -0.25) is 0 Å². The van der Waals surface area contributed by atoms with Crippen LogP contribution in [0.15, 0.2) is 71.6 Å². The lowest BCUT2D eigenvalue weighted by atomic mass is 10.1. The predicted octanol–water partition coefficient (Wildman–Crippen LogP) is 5.35. The van der Waals surface area contributed by atoms with Crippen LogP contribution in [0, 0.1) is 26.6 Å². The van der Waals surface area contributed by atoms with Gasteiger partial charge in [0.15, 0.2) is 9.84 Å². The summed E-state index contributed by atoms with van der Waals surface area (Å²) in [5.41, 5.74) is 4.96. The molecule has 0 radical (unpaired) electrons. The van der Waals surface area contributed by atoms with Crippen LogP contribution >= 0.6 is 0 Å². The molecule has 2 amide bonds. The number of nitrogens with zero attached hydrogens (tertiary/aromatic N) is 1. The van der Waals surface area contributed by atoms with Gasteiger partial charge >= 0.3 is 6.03 Å². The van der Waals surface area contributed by atoms with Crippen molar-refractivity contribution < 1.29 is 17.6 Å². The Bertz CT molecular complexity index is 1470. The Morgan fingerprint density at radius 1 is 0.943 bits per heavy atom. The summed E-state index contributed by atoms with van der Waals surface area (Å²) in [6.45, 7) is 6.04. The number of carbonyl (C=O) groups excluding carboxylic acids is 1. The van der Waals surface area contributed by atoms with E-state index in [0.29, 0.717) is 23.3 Å². The lowest BCUT2D eigenvalue weighted by molar-refractivity contribution is 0.252. The third-order valence-corrected chi connectivity index (χ3v) is 7.75. The maximum Gasteiger partial charge on any atom is 0.319 e. The van der Waals surface area contributed by atoms with Crippen LogP contribution in [0.1, 0.15) is 22.4 Å². The standard InChI is InChI=1S/C27H28FN3O3S/c1-18-14-19(2)16-23(15-18)30-27(32)29-12-13-35(33,34)26-20(3)31(25-7-5-4-6-24(25)26)17-21-8-10-22(28)11-9-21/h4-11,14-16H,12-13,17H2,1-3H3,(H2,29,30,32). The number of urea groups is 1. The Kier molecular flexibility index (Phi) is 6.93. The second-order valence-electron chi connectivity index (χ2n) is 8.72. The summed E-state index contributed by atoms with van der Waals surface area (Å²) in [5.74, 6) is -0.557. The number of hydrogen-bond acceptors (Lipinski definition) is 3. The minimum atomic E-state index is -3.70. The number of aromatic nitrogens is 1. The maximum absolute atomic E-state index is 13.4. The lowest BCUT2D eigenvalue weighted by Crippen LogP contribution is -2.33. The molecular formula is C27H28FN3O3S. The fraction of sp³-hybridized carbons (Fsp3) is 0.222. The van der Waals surface area contributed by atoms with Gasteiger partial charge in [-0.15, -0.1) is 0 Å². The monoisotopic (exact) mass is 493 g/mol. The zero-order valence-corrected chi connectivity index (χ0v) is 20.7. The van der Waals surface area contributed by atoms with Gasteiger partial charge in [-0.05, 0) is 67.8 Å². The fourth-order valence-electron chi connectivity index (χ4n) is 4.39. The normalized spacial score (nSPS) is 11.5. The number of rotatable bonds is 7. The van der Waals surface area contributed by atoms with Gasteiger partial charge in [0.05, 0.1) is 10.6 Å². The van der Waals surface area contributed by atoms with Gasteiger partial charge in [-0.1, -0.05) is 36.4 Å². The van der Waals surface area contributed by atoms with Crippen LogP contribution in [0.4, 0.5) is 14.9 Å². The highest BCUT2D eigenvalue weighted by Crippen LogP contribution is 2.31. The number of benzene rings is 3. The third-order valence-electron chi connectivity index (χ3n) is 5.87. The quantitative estimate of drug-likeness (QED) is 0.364. The van der Waals surface area contributed by atoms with E-state index in [1.165, 1.54) is 12.1 Å². The molecule has 35 heavy (non-hydrogen) atoms. The van der Waals surface area contributed by atoms with Crippen molar-refractivity contribution in [2.45, 2.75) is 32.2 Å². The van der Waals surface area contributed by atoms with Crippen molar-refractivity contribution in [1.29, 1.82) is 0 Å². The molecule has 0 unspecified atom stereocenters. The van der Waals surface area contributed by atoms with Crippen molar-refractivity contribution >= 4 is 32.5 Å². The van der Waals surface area contributed by atoms with E-state index in [1.54, 1.807) is 31.2 Å². The minimum absolute atomic E-state index is 0.0319. The van der Waals surface area contributed by atoms with Gasteiger partial charge in [0, 0.05) is 35.4 Å². The van der Waals surface area contributed by atoms with E-state index in [2.05, 4.69) is 10.6 Å². The Morgan fingerprint density at radius 2 is 1.60 bits per heavy atom. The molecule has 2 N–H and O–H groups in total. The van der Waals surface area contributed by atoms with E-state index in [1.807, 2.05) is 48.7 Å². The smallest absolute Gasteiger partial charge is 0.319 e. The highest BCUT2D eigenvalue weighted by molar-refractivity contribution is 7.91. The zero-order chi connectivity index (χ0) is 25.2. The zero-order valence-electron chi connectivity index (χ0n) is 19.9. The van der Waals surface area contributed by atoms with Crippen LogP contribution in [0.5, 0.6) is 0 Å². The van der Waals surface area contributed by atoms with Gasteiger partial charge in [0.2, 0.25) is 0 Å². The number of halogens is 1. The molecule has 0 aliphatic rings. The van der Waals surface area contributed by atoms with Crippen molar-refractivity contribution in [1.82, 2.24) is 9.88 Å². The summed E-state index contributed by atoms with van der Waals surface area (Å²) in [6.07, 6.45) is 0. The van der Waals surface area contributed by atoms with Crippen LogP contribution in [0.2, 0.25) is 0 Å². The molecule has 8 heteroatoms. The fourth-order valence-corrected chi connectivity index (χ4v) is 6.03. The molecule has 1 aromatic heterocycles. The van der Waals surface area contributed by atoms with E-state index in [9.17, 15) is 17.6 Å². The van der Waals surface area contributed by atoms with E-state index in [4.69, 9.17) is 0 Å². The van der Waals surface area contributed by atoms with Gasteiger partial charge in [-0.25, -0.2) is 17.6 Å². The average molecular weight is 494 g/mol. The molecular weight excluding hydrogens is 465 g/mol. The molecule has 0 bridgehead atoms. The molecule has 0 saturated heterocycles.